The SMILES string of the molecule is CC1(C)CC(NC(=O)c2cccnc2)C(C)(C)O1. The van der Waals surface area contributed by atoms with Crippen LogP contribution in [0.15, 0.2) is 24.5 Å². The molecule has 0 spiro atoms. The maximum Gasteiger partial charge on any atom is 0.253 e. The second-order valence-corrected chi connectivity index (χ2v) is 5.94. The summed E-state index contributed by atoms with van der Waals surface area (Å²) < 4.78 is 5.96. The van der Waals surface area contributed by atoms with Gasteiger partial charge in [0.15, 0.2) is 0 Å². The predicted molar refractivity (Wildman–Crippen MR) is 69.4 cm³/mol. The van der Waals surface area contributed by atoms with Gasteiger partial charge in [0.2, 0.25) is 0 Å². The number of carbonyl (C=O) groups excluding carboxylic acids is 1. The molecule has 1 amide bonds. The molecule has 4 nitrogen and oxygen atoms in total. The molecule has 2 heterocycles. The van der Waals surface area contributed by atoms with Gasteiger partial charge >= 0.3 is 0 Å². The fourth-order valence-corrected chi connectivity index (χ4v) is 2.53. The molecule has 0 bridgehead atoms. The maximum absolute atomic E-state index is 12.1. The van der Waals surface area contributed by atoms with Gasteiger partial charge in [-0.3, -0.25) is 9.78 Å². The van der Waals surface area contributed by atoms with Gasteiger partial charge in [-0.2, -0.15) is 0 Å². The van der Waals surface area contributed by atoms with Crippen LogP contribution in [0.4, 0.5) is 0 Å². The third-order valence-corrected chi connectivity index (χ3v) is 3.30. The van der Waals surface area contributed by atoms with Gasteiger partial charge in [-0.15, -0.1) is 0 Å². The highest BCUT2D eigenvalue weighted by Gasteiger charge is 2.46. The smallest absolute Gasteiger partial charge is 0.253 e. The van der Waals surface area contributed by atoms with E-state index >= 15 is 0 Å². The van der Waals surface area contributed by atoms with Gasteiger partial charge in [0.25, 0.3) is 5.91 Å². The maximum atomic E-state index is 12.1. The van der Waals surface area contributed by atoms with Crippen LogP contribution in [-0.2, 0) is 4.74 Å². The lowest BCUT2D eigenvalue weighted by Gasteiger charge is -2.27. The van der Waals surface area contributed by atoms with Crippen molar-refractivity contribution in [2.45, 2.75) is 51.4 Å². The van der Waals surface area contributed by atoms with Crippen molar-refractivity contribution >= 4 is 5.91 Å². The molecule has 0 saturated carbocycles. The van der Waals surface area contributed by atoms with Gasteiger partial charge in [-0.05, 0) is 46.2 Å². The quantitative estimate of drug-likeness (QED) is 0.872. The Bertz CT molecular complexity index is 440. The summed E-state index contributed by atoms with van der Waals surface area (Å²) in [7, 11) is 0. The number of nitrogens with one attached hydrogen (secondary N) is 1. The highest BCUT2D eigenvalue weighted by atomic mass is 16.5. The third kappa shape index (κ3) is 2.70. The minimum Gasteiger partial charge on any atom is -0.367 e. The first-order valence-corrected chi connectivity index (χ1v) is 6.21. The van der Waals surface area contributed by atoms with E-state index in [0.29, 0.717) is 5.56 Å². The van der Waals surface area contributed by atoms with Crippen molar-refractivity contribution in [2.75, 3.05) is 0 Å². The number of hydrogen-bond acceptors (Lipinski definition) is 3. The summed E-state index contributed by atoms with van der Waals surface area (Å²) in [5.74, 6) is -0.0949. The first kappa shape index (κ1) is 13.0. The molecule has 98 valence electrons. The number of carbonyl (C=O) groups is 1. The molecule has 0 radical (unpaired) electrons. The van der Waals surface area contributed by atoms with Gasteiger partial charge in [-0.1, -0.05) is 0 Å². The van der Waals surface area contributed by atoms with Crippen molar-refractivity contribution in [2.24, 2.45) is 0 Å². The molecule has 2 rings (SSSR count). The van der Waals surface area contributed by atoms with E-state index in [2.05, 4.69) is 10.3 Å². The number of hydrogen-bond donors (Lipinski definition) is 1. The number of ether oxygens (including phenoxy) is 1. The fourth-order valence-electron chi connectivity index (χ4n) is 2.53. The summed E-state index contributed by atoms with van der Waals surface area (Å²) in [6.45, 7) is 8.11. The normalized spacial score (nSPS) is 24.8. The summed E-state index contributed by atoms with van der Waals surface area (Å²) in [6, 6.07) is 3.53. The van der Waals surface area contributed by atoms with Crippen LogP contribution >= 0.6 is 0 Å². The Labute approximate surface area is 108 Å². The minimum atomic E-state index is -0.346. The molecule has 1 aliphatic heterocycles. The molecule has 18 heavy (non-hydrogen) atoms. The summed E-state index contributed by atoms with van der Waals surface area (Å²) >= 11 is 0. The van der Waals surface area contributed by atoms with Crippen LogP contribution in [0.2, 0.25) is 0 Å². The molecular weight excluding hydrogens is 228 g/mol. The van der Waals surface area contributed by atoms with Gasteiger partial charge < -0.3 is 10.1 Å². The van der Waals surface area contributed by atoms with Crippen LogP contribution in [0.25, 0.3) is 0 Å². The number of rotatable bonds is 2. The second kappa shape index (κ2) is 4.35. The topological polar surface area (TPSA) is 51.2 Å². The Morgan fingerprint density at radius 2 is 2.17 bits per heavy atom. The van der Waals surface area contributed by atoms with Crippen molar-refractivity contribution in [1.29, 1.82) is 0 Å². The lowest BCUT2D eigenvalue weighted by atomic mass is 9.94. The van der Waals surface area contributed by atoms with Crippen molar-refractivity contribution in [3.63, 3.8) is 0 Å². The van der Waals surface area contributed by atoms with Gasteiger partial charge in [0.05, 0.1) is 22.8 Å². The van der Waals surface area contributed by atoms with Crippen molar-refractivity contribution < 1.29 is 9.53 Å². The highest BCUT2D eigenvalue weighted by molar-refractivity contribution is 5.94. The summed E-state index contributed by atoms with van der Waals surface area (Å²) in [5, 5.41) is 3.04. The average molecular weight is 248 g/mol. The predicted octanol–water partition coefficient (Wildman–Crippen LogP) is 2.16. The third-order valence-electron chi connectivity index (χ3n) is 3.30. The minimum absolute atomic E-state index is 0.0141. The molecule has 1 aromatic rings. The molecule has 0 aliphatic carbocycles. The zero-order valence-corrected chi connectivity index (χ0v) is 11.4. The number of amides is 1. The summed E-state index contributed by atoms with van der Waals surface area (Å²) in [6.07, 6.45) is 4.04. The van der Waals surface area contributed by atoms with Crippen LogP contribution in [0.1, 0.15) is 44.5 Å². The molecular formula is C14H20N2O2. The number of pyridine rings is 1. The molecule has 1 fully saturated rings. The fraction of sp³-hybridized carbons (Fsp3) is 0.571. The monoisotopic (exact) mass is 248 g/mol. The van der Waals surface area contributed by atoms with E-state index in [0.717, 1.165) is 6.42 Å². The van der Waals surface area contributed by atoms with Crippen LogP contribution in [0, 0.1) is 0 Å². The first-order valence-electron chi connectivity index (χ1n) is 6.21. The first-order chi connectivity index (χ1) is 8.30. The van der Waals surface area contributed by atoms with E-state index in [-0.39, 0.29) is 23.2 Å². The van der Waals surface area contributed by atoms with Gasteiger partial charge in [-0.25, -0.2) is 0 Å². The van der Waals surface area contributed by atoms with E-state index in [9.17, 15) is 4.79 Å². The van der Waals surface area contributed by atoms with Crippen LogP contribution in [0.3, 0.4) is 0 Å². The van der Waals surface area contributed by atoms with Crippen LogP contribution in [0.5, 0.6) is 0 Å². The number of aromatic nitrogens is 1. The Hall–Kier alpha value is -1.42. The Kier molecular flexibility index (Phi) is 3.15. The zero-order valence-electron chi connectivity index (χ0n) is 11.4. The Balaban J connectivity index is 2.09. The molecule has 1 unspecified atom stereocenters. The number of nitrogens with zero attached hydrogens (tertiary/aromatic N) is 1. The lowest BCUT2D eigenvalue weighted by Crippen LogP contribution is -2.46. The largest absolute Gasteiger partial charge is 0.367 e. The van der Waals surface area contributed by atoms with Crippen LogP contribution < -0.4 is 5.32 Å². The Morgan fingerprint density at radius 1 is 1.44 bits per heavy atom. The second-order valence-electron chi connectivity index (χ2n) is 5.94. The van der Waals surface area contributed by atoms with Gasteiger partial charge in [0.1, 0.15) is 0 Å². The van der Waals surface area contributed by atoms with Gasteiger partial charge in [0, 0.05) is 12.4 Å². The standard InChI is InChI=1S/C14H20N2O2/c1-13(2)8-11(14(3,4)18-13)16-12(17)10-6-5-7-15-9-10/h5-7,9,11H,8H2,1-4H3,(H,16,17). The molecule has 1 aromatic heterocycles. The molecule has 1 aliphatic rings. The highest BCUT2D eigenvalue weighted by Crippen LogP contribution is 2.37. The average Bonchev–Trinajstić information content (AvgIpc) is 2.48. The molecule has 1 saturated heterocycles. The zero-order chi connectivity index (χ0) is 13.4. The Morgan fingerprint density at radius 3 is 2.67 bits per heavy atom. The van der Waals surface area contributed by atoms with Crippen molar-refractivity contribution in [3.8, 4) is 0 Å². The van der Waals surface area contributed by atoms with Crippen molar-refractivity contribution in [3.05, 3.63) is 30.1 Å². The summed E-state index contributed by atoms with van der Waals surface area (Å²) in [5.41, 5.74) is 0.0376. The van der Waals surface area contributed by atoms with E-state index in [1.807, 2.05) is 27.7 Å². The van der Waals surface area contributed by atoms with E-state index in [1.165, 1.54) is 0 Å². The van der Waals surface area contributed by atoms with Crippen LogP contribution in [-0.4, -0.2) is 28.1 Å². The van der Waals surface area contributed by atoms with E-state index in [1.54, 1.807) is 24.5 Å². The lowest BCUT2D eigenvalue weighted by molar-refractivity contribution is -0.0693. The van der Waals surface area contributed by atoms with E-state index in [4.69, 9.17) is 4.74 Å². The van der Waals surface area contributed by atoms with Crippen molar-refractivity contribution in [1.82, 2.24) is 10.3 Å². The molecule has 0 aromatic carbocycles. The molecule has 4 heteroatoms. The van der Waals surface area contributed by atoms with E-state index < -0.39 is 0 Å². The summed E-state index contributed by atoms with van der Waals surface area (Å²) in [4.78, 5) is 16.0. The molecule has 1 atom stereocenters. The molecule has 1 N–H and O–H groups in total.